The van der Waals surface area contributed by atoms with Crippen molar-refractivity contribution in [2.45, 2.75) is 32.2 Å². The molecule has 0 aliphatic heterocycles. The maximum Gasteiger partial charge on any atom is 0.573 e. The number of hydrogen-bond acceptors (Lipinski definition) is 2. The Bertz CT molecular complexity index is 867. The van der Waals surface area contributed by atoms with Gasteiger partial charge in [0.25, 0.3) is 0 Å². The van der Waals surface area contributed by atoms with Gasteiger partial charge in [-0.05, 0) is 37.5 Å². The zero-order chi connectivity index (χ0) is 21.8. The third-order valence-corrected chi connectivity index (χ3v) is 3.62. The number of ether oxygens (including phenoxy) is 2. The molecule has 0 amide bonds. The predicted octanol–water partition coefficient (Wildman–Crippen LogP) is 6.64. The van der Waals surface area contributed by atoms with Gasteiger partial charge in [-0.1, -0.05) is 18.2 Å². The molecular weight excluding hydrogens is 412 g/mol. The van der Waals surface area contributed by atoms with Crippen LogP contribution in [0.15, 0.2) is 42.5 Å². The molecule has 0 heterocycles. The zero-order valence-corrected chi connectivity index (χ0v) is 14.8. The van der Waals surface area contributed by atoms with Crippen LogP contribution in [0.1, 0.15) is 24.5 Å². The van der Waals surface area contributed by atoms with E-state index in [0.717, 1.165) is 12.1 Å². The van der Waals surface area contributed by atoms with Crippen molar-refractivity contribution in [1.82, 2.24) is 0 Å². The SMILES string of the molecule is CC=CCCc1ccc(C(F)(F)Oc2cc(F)c(OC(F)(F)F)c(F)c2)c(F)c1. The fourth-order valence-corrected chi connectivity index (χ4v) is 2.38. The van der Waals surface area contributed by atoms with Gasteiger partial charge >= 0.3 is 12.5 Å². The quantitative estimate of drug-likeness (QED) is 0.365. The molecular formula is C19H14F8O2. The highest BCUT2D eigenvalue weighted by atomic mass is 19.4. The predicted molar refractivity (Wildman–Crippen MR) is 87.1 cm³/mol. The summed E-state index contributed by atoms with van der Waals surface area (Å²) in [5.74, 6) is -8.15. The van der Waals surface area contributed by atoms with Crippen LogP contribution >= 0.6 is 0 Å². The number of aryl methyl sites for hydroxylation is 1. The van der Waals surface area contributed by atoms with Crippen LogP contribution in [0.3, 0.4) is 0 Å². The zero-order valence-electron chi connectivity index (χ0n) is 14.8. The van der Waals surface area contributed by atoms with Gasteiger partial charge in [0, 0.05) is 12.1 Å². The average molecular weight is 426 g/mol. The molecule has 0 atom stereocenters. The highest BCUT2D eigenvalue weighted by molar-refractivity contribution is 5.36. The van der Waals surface area contributed by atoms with E-state index in [-0.39, 0.29) is 12.1 Å². The monoisotopic (exact) mass is 426 g/mol. The molecule has 0 aliphatic carbocycles. The molecule has 29 heavy (non-hydrogen) atoms. The molecule has 2 nitrogen and oxygen atoms in total. The summed E-state index contributed by atoms with van der Waals surface area (Å²) in [6, 6.07) is 3.01. The van der Waals surface area contributed by atoms with Gasteiger partial charge in [0.15, 0.2) is 11.6 Å². The highest BCUT2D eigenvalue weighted by Crippen LogP contribution is 2.37. The van der Waals surface area contributed by atoms with E-state index in [1.54, 1.807) is 19.1 Å². The molecule has 0 fully saturated rings. The van der Waals surface area contributed by atoms with Crippen molar-refractivity contribution in [2.75, 3.05) is 0 Å². The summed E-state index contributed by atoms with van der Waals surface area (Å²) in [5, 5.41) is 0. The third-order valence-electron chi connectivity index (χ3n) is 3.62. The summed E-state index contributed by atoms with van der Waals surface area (Å²) in [6.45, 7) is 1.79. The lowest BCUT2D eigenvalue weighted by Gasteiger charge is -2.20. The van der Waals surface area contributed by atoms with Crippen molar-refractivity contribution in [2.24, 2.45) is 0 Å². The fourth-order valence-electron chi connectivity index (χ4n) is 2.38. The van der Waals surface area contributed by atoms with Gasteiger partial charge in [-0.15, -0.1) is 13.2 Å². The van der Waals surface area contributed by atoms with E-state index in [1.165, 1.54) is 6.07 Å². The fraction of sp³-hybridized carbons (Fsp3) is 0.263. The molecule has 10 heteroatoms. The van der Waals surface area contributed by atoms with Crippen LogP contribution in [0.25, 0.3) is 0 Å². The average Bonchev–Trinajstić information content (AvgIpc) is 2.57. The second kappa shape index (κ2) is 8.71. The lowest BCUT2D eigenvalue weighted by atomic mass is 10.1. The van der Waals surface area contributed by atoms with E-state index in [1.807, 2.05) is 0 Å². The Kier molecular flexibility index (Phi) is 6.76. The number of rotatable bonds is 7. The van der Waals surface area contributed by atoms with E-state index >= 15 is 0 Å². The maximum absolute atomic E-state index is 14.2. The first-order valence-corrected chi connectivity index (χ1v) is 8.14. The van der Waals surface area contributed by atoms with E-state index in [0.29, 0.717) is 18.4 Å². The second-order valence-corrected chi connectivity index (χ2v) is 5.80. The van der Waals surface area contributed by atoms with Crippen molar-refractivity contribution in [3.63, 3.8) is 0 Å². The van der Waals surface area contributed by atoms with Gasteiger partial charge in [0.1, 0.15) is 11.6 Å². The van der Waals surface area contributed by atoms with Crippen molar-refractivity contribution in [1.29, 1.82) is 0 Å². The minimum Gasteiger partial charge on any atom is -0.429 e. The normalized spacial score (nSPS) is 12.4. The van der Waals surface area contributed by atoms with Crippen LogP contribution in [0.5, 0.6) is 11.5 Å². The van der Waals surface area contributed by atoms with Crippen molar-refractivity contribution < 1.29 is 44.6 Å². The Morgan fingerprint density at radius 1 is 0.862 bits per heavy atom. The number of alkyl halides is 5. The summed E-state index contributed by atoms with van der Waals surface area (Å²) in [5.41, 5.74) is -0.769. The van der Waals surface area contributed by atoms with Gasteiger partial charge in [-0.25, -0.2) is 13.2 Å². The number of halogens is 8. The van der Waals surface area contributed by atoms with Crippen LogP contribution in [-0.4, -0.2) is 6.36 Å². The Balaban J connectivity index is 2.24. The highest BCUT2D eigenvalue weighted by Gasteiger charge is 2.39. The Morgan fingerprint density at radius 2 is 1.48 bits per heavy atom. The maximum atomic E-state index is 14.2. The van der Waals surface area contributed by atoms with Gasteiger partial charge in [0.2, 0.25) is 5.75 Å². The smallest absolute Gasteiger partial charge is 0.429 e. The molecule has 0 saturated carbocycles. The minimum atomic E-state index is -5.40. The van der Waals surface area contributed by atoms with Crippen LogP contribution in [-0.2, 0) is 12.5 Å². The van der Waals surface area contributed by atoms with E-state index in [2.05, 4.69) is 9.47 Å². The largest absolute Gasteiger partial charge is 0.573 e. The van der Waals surface area contributed by atoms with E-state index in [4.69, 9.17) is 0 Å². The Hall–Kier alpha value is -2.78. The molecule has 0 spiro atoms. The standard InChI is InChI=1S/C19H14F8O2/c1-2-3-4-5-11-6-7-13(14(20)8-11)18(23,24)28-12-9-15(21)17(16(22)10-12)29-19(25,26)27/h2-3,6-10H,4-5H2,1H3. The lowest BCUT2D eigenvalue weighted by Crippen LogP contribution is -2.24. The topological polar surface area (TPSA) is 18.5 Å². The third kappa shape index (κ3) is 6.10. The van der Waals surface area contributed by atoms with Crippen LogP contribution in [0.2, 0.25) is 0 Å². The molecule has 0 saturated heterocycles. The Morgan fingerprint density at radius 3 is 2.00 bits per heavy atom. The molecule has 2 aromatic rings. The van der Waals surface area contributed by atoms with Gasteiger partial charge in [-0.3, -0.25) is 0 Å². The summed E-state index contributed by atoms with van der Waals surface area (Å²) in [6.07, 6.45) is -5.21. The van der Waals surface area contributed by atoms with E-state index < -0.39 is 47.0 Å². The van der Waals surface area contributed by atoms with Crippen LogP contribution in [0, 0.1) is 17.5 Å². The first-order valence-electron chi connectivity index (χ1n) is 8.14. The molecule has 0 aliphatic rings. The second-order valence-electron chi connectivity index (χ2n) is 5.80. The summed E-state index contributed by atoms with van der Waals surface area (Å²) < 4.78 is 113. The molecule has 2 aromatic carbocycles. The number of benzene rings is 2. The molecule has 0 aromatic heterocycles. The number of allylic oxidation sites excluding steroid dienone is 2. The van der Waals surface area contributed by atoms with Crippen molar-refractivity contribution >= 4 is 0 Å². The molecule has 158 valence electrons. The molecule has 0 radical (unpaired) electrons. The first kappa shape index (κ1) is 22.5. The van der Waals surface area contributed by atoms with Crippen LogP contribution < -0.4 is 9.47 Å². The van der Waals surface area contributed by atoms with Gasteiger partial charge in [0.05, 0.1) is 5.56 Å². The molecule has 0 N–H and O–H groups in total. The summed E-state index contributed by atoms with van der Waals surface area (Å²) >= 11 is 0. The molecule has 0 bridgehead atoms. The number of hydrogen-bond donors (Lipinski definition) is 0. The van der Waals surface area contributed by atoms with Gasteiger partial charge < -0.3 is 9.47 Å². The van der Waals surface area contributed by atoms with Crippen molar-refractivity contribution in [3.8, 4) is 11.5 Å². The Labute approximate surface area is 160 Å². The van der Waals surface area contributed by atoms with Crippen molar-refractivity contribution in [3.05, 3.63) is 71.1 Å². The van der Waals surface area contributed by atoms with Gasteiger partial charge in [-0.2, -0.15) is 8.78 Å². The first-order chi connectivity index (χ1) is 13.4. The molecule has 2 rings (SSSR count). The minimum absolute atomic E-state index is 0.0709. The van der Waals surface area contributed by atoms with E-state index in [9.17, 15) is 35.1 Å². The van der Waals surface area contributed by atoms with Crippen LogP contribution in [0.4, 0.5) is 35.1 Å². The summed E-state index contributed by atoms with van der Waals surface area (Å²) in [7, 11) is 0. The molecule has 0 unspecified atom stereocenters. The lowest BCUT2D eigenvalue weighted by molar-refractivity contribution is -0.276. The summed E-state index contributed by atoms with van der Waals surface area (Å²) in [4.78, 5) is 0.